The van der Waals surface area contributed by atoms with Crippen LogP contribution in [0.15, 0.2) is 18.2 Å². The van der Waals surface area contributed by atoms with Crippen LogP contribution in [0.3, 0.4) is 0 Å². The molecule has 0 aliphatic heterocycles. The zero-order valence-electron chi connectivity index (χ0n) is 10.2. The van der Waals surface area contributed by atoms with Gasteiger partial charge in [-0.3, -0.25) is 4.79 Å². The summed E-state index contributed by atoms with van der Waals surface area (Å²) in [5.74, 6) is 0.462. The minimum absolute atomic E-state index is 0.0676. The van der Waals surface area contributed by atoms with E-state index in [1.54, 1.807) is 6.07 Å². The third kappa shape index (κ3) is 2.73. The van der Waals surface area contributed by atoms with Crippen LogP contribution in [0.5, 0.6) is 11.5 Å². The summed E-state index contributed by atoms with van der Waals surface area (Å²) in [6.07, 6.45) is 1.23. The number of phenolic OH excluding ortho intramolecular Hbond substituents is 1. The monoisotopic (exact) mass is 251 g/mol. The molecule has 1 saturated carbocycles. The molecule has 1 amide bonds. The number of hydrogen-bond acceptors (Lipinski definition) is 4. The molecule has 0 radical (unpaired) electrons. The second-order valence-electron chi connectivity index (χ2n) is 4.58. The van der Waals surface area contributed by atoms with Gasteiger partial charge in [-0.1, -0.05) is 0 Å². The number of aromatic hydroxyl groups is 1. The Morgan fingerprint density at radius 2 is 2.22 bits per heavy atom. The summed E-state index contributed by atoms with van der Waals surface area (Å²) < 4.78 is 5.01. The van der Waals surface area contributed by atoms with Crippen molar-refractivity contribution in [1.29, 1.82) is 0 Å². The Balaban J connectivity index is 1.95. The number of carbonyl (C=O) groups is 1. The Bertz CT molecular complexity index is 441. The molecule has 0 bridgehead atoms. The van der Waals surface area contributed by atoms with E-state index >= 15 is 0 Å². The molecule has 2 rings (SSSR count). The SMILES string of the molecule is COc1ccc(O)c(C(=O)NCC2CC(O)C2)c1. The van der Waals surface area contributed by atoms with Crippen molar-refractivity contribution in [2.24, 2.45) is 5.92 Å². The van der Waals surface area contributed by atoms with E-state index in [1.165, 1.54) is 19.2 Å². The van der Waals surface area contributed by atoms with Gasteiger partial charge in [0.2, 0.25) is 0 Å². The van der Waals surface area contributed by atoms with Crippen molar-refractivity contribution in [1.82, 2.24) is 5.32 Å². The van der Waals surface area contributed by atoms with Crippen LogP contribution in [0.25, 0.3) is 0 Å². The maximum absolute atomic E-state index is 11.9. The Kier molecular flexibility index (Phi) is 3.72. The number of rotatable bonds is 4. The first-order valence-corrected chi connectivity index (χ1v) is 5.93. The molecule has 0 atom stereocenters. The zero-order chi connectivity index (χ0) is 13.1. The Morgan fingerprint density at radius 1 is 1.50 bits per heavy atom. The summed E-state index contributed by atoms with van der Waals surface area (Å²) in [6, 6.07) is 4.52. The standard InChI is InChI=1S/C13H17NO4/c1-18-10-2-3-12(16)11(6-10)13(17)14-7-8-4-9(15)5-8/h2-3,6,8-9,15-16H,4-5,7H2,1H3,(H,14,17). The molecule has 5 nitrogen and oxygen atoms in total. The molecule has 1 aromatic carbocycles. The van der Waals surface area contributed by atoms with E-state index in [1.807, 2.05) is 0 Å². The molecule has 5 heteroatoms. The van der Waals surface area contributed by atoms with Crippen molar-refractivity contribution in [3.8, 4) is 11.5 Å². The van der Waals surface area contributed by atoms with Crippen LogP contribution in [0, 0.1) is 5.92 Å². The van der Waals surface area contributed by atoms with Crippen LogP contribution in [0.2, 0.25) is 0 Å². The average Bonchev–Trinajstić information content (AvgIpc) is 2.33. The highest BCUT2D eigenvalue weighted by atomic mass is 16.5. The van der Waals surface area contributed by atoms with E-state index < -0.39 is 0 Å². The largest absolute Gasteiger partial charge is 0.507 e. The lowest BCUT2D eigenvalue weighted by Gasteiger charge is -2.31. The van der Waals surface area contributed by atoms with E-state index in [-0.39, 0.29) is 23.3 Å². The van der Waals surface area contributed by atoms with Gasteiger partial charge in [0.15, 0.2) is 0 Å². The normalized spacial score (nSPS) is 22.1. The fourth-order valence-electron chi connectivity index (χ4n) is 2.02. The quantitative estimate of drug-likeness (QED) is 0.743. The molecule has 98 valence electrons. The second-order valence-corrected chi connectivity index (χ2v) is 4.58. The average molecular weight is 251 g/mol. The Labute approximate surface area is 105 Å². The number of aliphatic hydroxyl groups is 1. The minimum Gasteiger partial charge on any atom is -0.507 e. The van der Waals surface area contributed by atoms with Gasteiger partial charge in [0.1, 0.15) is 11.5 Å². The Morgan fingerprint density at radius 3 is 2.83 bits per heavy atom. The molecule has 1 aliphatic carbocycles. The number of benzene rings is 1. The van der Waals surface area contributed by atoms with Gasteiger partial charge in [-0.05, 0) is 37.0 Å². The van der Waals surface area contributed by atoms with Gasteiger partial charge in [0.05, 0.1) is 18.8 Å². The lowest BCUT2D eigenvalue weighted by molar-refractivity contribution is 0.0420. The number of nitrogens with one attached hydrogen (secondary N) is 1. The van der Waals surface area contributed by atoms with E-state index in [2.05, 4.69) is 5.32 Å². The second kappa shape index (κ2) is 5.27. The molecule has 1 aliphatic rings. The lowest BCUT2D eigenvalue weighted by atomic mass is 9.82. The van der Waals surface area contributed by atoms with Gasteiger partial charge in [0.25, 0.3) is 5.91 Å². The number of carbonyl (C=O) groups excluding carboxylic acids is 1. The third-order valence-electron chi connectivity index (χ3n) is 3.21. The highest BCUT2D eigenvalue weighted by Crippen LogP contribution is 2.27. The van der Waals surface area contributed by atoms with Gasteiger partial charge in [-0.15, -0.1) is 0 Å². The maximum Gasteiger partial charge on any atom is 0.255 e. The molecule has 0 aromatic heterocycles. The first kappa shape index (κ1) is 12.7. The van der Waals surface area contributed by atoms with E-state index in [0.29, 0.717) is 18.2 Å². The van der Waals surface area contributed by atoms with Crippen molar-refractivity contribution in [3.05, 3.63) is 23.8 Å². The first-order chi connectivity index (χ1) is 8.60. The number of amides is 1. The zero-order valence-corrected chi connectivity index (χ0v) is 10.2. The van der Waals surface area contributed by atoms with Gasteiger partial charge in [-0.25, -0.2) is 0 Å². The topological polar surface area (TPSA) is 78.8 Å². The summed E-state index contributed by atoms with van der Waals surface area (Å²) in [5, 5.41) is 21.5. The Hall–Kier alpha value is -1.75. The van der Waals surface area contributed by atoms with Crippen molar-refractivity contribution >= 4 is 5.91 Å². The van der Waals surface area contributed by atoms with Crippen LogP contribution in [-0.4, -0.2) is 35.9 Å². The number of methoxy groups -OCH3 is 1. The highest BCUT2D eigenvalue weighted by Gasteiger charge is 2.27. The van der Waals surface area contributed by atoms with Gasteiger partial charge in [-0.2, -0.15) is 0 Å². The van der Waals surface area contributed by atoms with Gasteiger partial charge >= 0.3 is 0 Å². The van der Waals surface area contributed by atoms with Crippen LogP contribution >= 0.6 is 0 Å². The molecule has 0 heterocycles. The van der Waals surface area contributed by atoms with Crippen molar-refractivity contribution in [2.75, 3.05) is 13.7 Å². The molecule has 0 saturated heterocycles. The van der Waals surface area contributed by atoms with Gasteiger partial charge < -0.3 is 20.3 Å². The van der Waals surface area contributed by atoms with Crippen LogP contribution < -0.4 is 10.1 Å². The molecule has 18 heavy (non-hydrogen) atoms. The van der Waals surface area contributed by atoms with E-state index in [0.717, 1.165) is 12.8 Å². The van der Waals surface area contributed by atoms with Crippen LogP contribution in [-0.2, 0) is 0 Å². The number of aliphatic hydroxyl groups excluding tert-OH is 1. The molecule has 0 spiro atoms. The molecule has 3 N–H and O–H groups in total. The van der Waals surface area contributed by atoms with Crippen molar-refractivity contribution < 1.29 is 19.7 Å². The fraction of sp³-hybridized carbons (Fsp3) is 0.462. The minimum atomic E-state index is -0.326. The molecular weight excluding hydrogens is 234 g/mol. The lowest BCUT2D eigenvalue weighted by Crippen LogP contribution is -2.38. The van der Waals surface area contributed by atoms with Crippen LogP contribution in [0.4, 0.5) is 0 Å². The predicted molar refractivity (Wildman–Crippen MR) is 65.7 cm³/mol. The molecular formula is C13H17NO4. The van der Waals surface area contributed by atoms with E-state index in [9.17, 15) is 9.90 Å². The number of phenols is 1. The molecule has 0 unspecified atom stereocenters. The summed E-state index contributed by atoms with van der Waals surface area (Å²) >= 11 is 0. The summed E-state index contributed by atoms with van der Waals surface area (Å²) in [4.78, 5) is 11.9. The summed E-state index contributed by atoms with van der Waals surface area (Å²) in [7, 11) is 1.50. The number of hydrogen-bond donors (Lipinski definition) is 3. The predicted octanol–water partition coefficient (Wildman–Crippen LogP) is 0.901. The number of ether oxygens (including phenoxy) is 1. The van der Waals surface area contributed by atoms with E-state index in [4.69, 9.17) is 9.84 Å². The molecule has 1 aromatic rings. The first-order valence-electron chi connectivity index (χ1n) is 5.93. The summed E-state index contributed by atoms with van der Waals surface area (Å²) in [6.45, 7) is 0.520. The van der Waals surface area contributed by atoms with Crippen LogP contribution in [0.1, 0.15) is 23.2 Å². The summed E-state index contributed by atoms with van der Waals surface area (Å²) in [5.41, 5.74) is 0.203. The fourth-order valence-corrected chi connectivity index (χ4v) is 2.02. The highest BCUT2D eigenvalue weighted by molar-refractivity contribution is 5.97. The molecule has 1 fully saturated rings. The third-order valence-corrected chi connectivity index (χ3v) is 3.21. The maximum atomic E-state index is 11.9. The van der Waals surface area contributed by atoms with Crippen molar-refractivity contribution in [2.45, 2.75) is 18.9 Å². The van der Waals surface area contributed by atoms with Gasteiger partial charge in [0, 0.05) is 6.54 Å². The van der Waals surface area contributed by atoms with Crippen molar-refractivity contribution in [3.63, 3.8) is 0 Å². The smallest absolute Gasteiger partial charge is 0.255 e.